The van der Waals surface area contributed by atoms with Crippen LogP contribution in [0.1, 0.15) is 40.0 Å². The summed E-state index contributed by atoms with van der Waals surface area (Å²) in [5.41, 5.74) is -0.613. The third-order valence-corrected chi connectivity index (χ3v) is 3.20. The van der Waals surface area contributed by atoms with Gasteiger partial charge >= 0.3 is 12.1 Å². The number of hydrogen-bond donors (Lipinski definition) is 3. The quantitative estimate of drug-likeness (QED) is 0.559. The van der Waals surface area contributed by atoms with Crippen molar-refractivity contribution in [2.75, 3.05) is 24.3 Å². The Morgan fingerprint density at radius 1 is 1.07 bits per heavy atom. The van der Waals surface area contributed by atoms with Gasteiger partial charge < -0.3 is 24.7 Å². The van der Waals surface area contributed by atoms with Crippen LogP contribution in [0.4, 0.5) is 16.6 Å². The van der Waals surface area contributed by atoms with Gasteiger partial charge in [-0.3, -0.25) is 19.7 Å². The van der Waals surface area contributed by atoms with Crippen molar-refractivity contribution in [1.29, 1.82) is 0 Å². The Morgan fingerprint density at radius 3 is 2.32 bits per heavy atom. The summed E-state index contributed by atoms with van der Waals surface area (Å²) in [7, 11) is 2.89. The predicted octanol–water partition coefficient (Wildman–Crippen LogP) is 1.17. The maximum absolute atomic E-state index is 11.9. The molecule has 0 aliphatic rings. The second-order valence-corrected chi connectivity index (χ2v) is 6.91. The molecule has 0 aliphatic carbocycles. The molecule has 11 heteroatoms. The number of anilines is 2. The highest BCUT2D eigenvalue weighted by atomic mass is 16.6. The van der Waals surface area contributed by atoms with Crippen LogP contribution < -0.4 is 16.0 Å². The van der Waals surface area contributed by atoms with E-state index in [-0.39, 0.29) is 43.5 Å². The smallest absolute Gasteiger partial charge is 0.407 e. The van der Waals surface area contributed by atoms with Crippen molar-refractivity contribution in [3.8, 4) is 0 Å². The zero-order chi connectivity index (χ0) is 21.3. The molecule has 0 radical (unpaired) electrons. The van der Waals surface area contributed by atoms with Crippen LogP contribution in [0.25, 0.3) is 0 Å². The molecule has 0 bridgehead atoms. The Labute approximate surface area is 163 Å². The van der Waals surface area contributed by atoms with E-state index in [0.29, 0.717) is 0 Å². The number of nitrogens with one attached hydrogen (secondary N) is 3. The number of alkyl carbamates (subject to hydrolysis) is 1. The molecule has 1 rings (SSSR count). The lowest BCUT2D eigenvalue weighted by molar-refractivity contribution is -0.141. The Morgan fingerprint density at radius 2 is 1.71 bits per heavy atom. The predicted molar refractivity (Wildman–Crippen MR) is 101 cm³/mol. The van der Waals surface area contributed by atoms with Gasteiger partial charge in [-0.05, 0) is 20.8 Å². The van der Waals surface area contributed by atoms with E-state index in [1.54, 1.807) is 27.8 Å². The topological polar surface area (TPSA) is 141 Å². The molecule has 28 heavy (non-hydrogen) atoms. The van der Waals surface area contributed by atoms with Crippen LogP contribution in [0.2, 0.25) is 0 Å². The van der Waals surface area contributed by atoms with Crippen LogP contribution in [-0.2, 0) is 30.9 Å². The minimum Gasteiger partial charge on any atom is -0.469 e. The lowest BCUT2D eigenvalue weighted by atomic mass is 10.2. The first kappa shape index (κ1) is 22.9. The van der Waals surface area contributed by atoms with Gasteiger partial charge in [0, 0.05) is 32.6 Å². The summed E-state index contributed by atoms with van der Waals surface area (Å²) in [5, 5.41) is 7.60. The molecule has 11 nitrogen and oxygen atoms in total. The number of nitrogens with zero attached hydrogens (tertiary/aromatic N) is 2. The van der Waals surface area contributed by atoms with Crippen LogP contribution in [-0.4, -0.2) is 52.7 Å². The molecule has 0 unspecified atom stereocenters. The van der Waals surface area contributed by atoms with Gasteiger partial charge in [-0.25, -0.2) is 4.79 Å². The second kappa shape index (κ2) is 10.3. The summed E-state index contributed by atoms with van der Waals surface area (Å²) in [6, 6.07) is 0. The Bertz CT molecular complexity index is 722. The molecule has 0 spiro atoms. The van der Waals surface area contributed by atoms with Gasteiger partial charge in [0.15, 0.2) is 5.82 Å². The van der Waals surface area contributed by atoms with Crippen LogP contribution >= 0.6 is 0 Å². The number of imidazole rings is 1. The number of esters is 1. The number of carbonyl (C=O) groups is 4. The molecule has 0 atom stereocenters. The third-order valence-electron chi connectivity index (χ3n) is 3.20. The lowest BCUT2D eigenvalue weighted by Gasteiger charge is -2.19. The first-order chi connectivity index (χ1) is 13.0. The average molecular weight is 397 g/mol. The van der Waals surface area contributed by atoms with Gasteiger partial charge in [0.05, 0.1) is 13.5 Å². The van der Waals surface area contributed by atoms with Crippen LogP contribution in [0.3, 0.4) is 0 Å². The number of hydrogen-bond acceptors (Lipinski definition) is 7. The molecule has 1 aromatic rings. The SMILES string of the molecule is COC(=O)CCC(=O)Nc1nc(NC(=O)CCNC(=O)OC(C)(C)C)cn1C. The van der Waals surface area contributed by atoms with Crippen LogP contribution in [0.5, 0.6) is 0 Å². The van der Waals surface area contributed by atoms with Crippen molar-refractivity contribution in [2.45, 2.75) is 45.6 Å². The van der Waals surface area contributed by atoms with Crippen molar-refractivity contribution in [1.82, 2.24) is 14.9 Å². The van der Waals surface area contributed by atoms with Crippen molar-refractivity contribution in [3.05, 3.63) is 6.20 Å². The summed E-state index contributed by atoms with van der Waals surface area (Å²) < 4.78 is 11.1. The maximum Gasteiger partial charge on any atom is 0.407 e. The fraction of sp³-hybridized carbons (Fsp3) is 0.588. The molecular weight excluding hydrogens is 370 g/mol. The van der Waals surface area contributed by atoms with Gasteiger partial charge in [0.1, 0.15) is 5.60 Å². The minimum absolute atomic E-state index is 0.0244. The molecule has 0 fully saturated rings. The van der Waals surface area contributed by atoms with Gasteiger partial charge in [-0.1, -0.05) is 0 Å². The van der Waals surface area contributed by atoms with Gasteiger partial charge in [0.2, 0.25) is 17.8 Å². The number of carbonyl (C=O) groups excluding carboxylic acids is 4. The molecule has 0 saturated heterocycles. The van der Waals surface area contributed by atoms with Crippen molar-refractivity contribution < 1.29 is 28.7 Å². The summed E-state index contributed by atoms with van der Waals surface area (Å²) in [4.78, 5) is 50.4. The molecule has 0 aliphatic heterocycles. The van der Waals surface area contributed by atoms with E-state index in [1.807, 2.05) is 0 Å². The molecular formula is C17H27N5O6. The van der Waals surface area contributed by atoms with Gasteiger partial charge in [-0.2, -0.15) is 4.98 Å². The monoisotopic (exact) mass is 397 g/mol. The number of rotatable bonds is 8. The van der Waals surface area contributed by atoms with Crippen molar-refractivity contribution in [3.63, 3.8) is 0 Å². The van der Waals surface area contributed by atoms with E-state index in [9.17, 15) is 19.2 Å². The number of aryl methyl sites for hydroxylation is 1. The maximum atomic E-state index is 11.9. The number of methoxy groups -OCH3 is 1. The van der Waals surface area contributed by atoms with E-state index in [1.165, 1.54) is 17.9 Å². The lowest BCUT2D eigenvalue weighted by Crippen LogP contribution is -2.34. The normalized spacial score (nSPS) is 10.8. The van der Waals surface area contributed by atoms with Gasteiger partial charge in [-0.15, -0.1) is 0 Å². The fourth-order valence-corrected chi connectivity index (χ4v) is 1.95. The second-order valence-electron chi connectivity index (χ2n) is 6.91. The van der Waals surface area contributed by atoms with Crippen LogP contribution in [0, 0.1) is 0 Å². The molecule has 0 aromatic carbocycles. The molecule has 156 valence electrons. The van der Waals surface area contributed by atoms with E-state index < -0.39 is 23.6 Å². The Kier molecular flexibility index (Phi) is 8.42. The molecule has 3 amide bonds. The first-order valence-electron chi connectivity index (χ1n) is 8.67. The van der Waals surface area contributed by atoms with Crippen molar-refractivity contribution in [2.24, 2.45) is 7.05 Å². The minimum atomic E-state index is -0.613. The highest BCUT2D eigenvalue weighted by Crippen LogP contribution is 2.12. The Balaban J connectivity index is 2.43. The molecule has 1 heterocycles. The summed E-state index contributed by atoms with van der Waals surface area (Å²) >= 11 is 0. The Hall–Kier alpha value is -3.11. The van der Waals surface area contributed by atoms with Gasteiger partial charge in [0.25, 0.3) is 0 Å². The zero-order valence-corrected chi connectivity index (χ0v) is 16.7. The van der Waals surface area contributed by atoms with E-state index in [4.69, 9.17) is 4.74 Å². The summed E-state index contributed by atoms with van der Waals surface area (Å²) in [6.07, 6.45) is 0.861. The molecule has 1 aromatic heterocycles. The molecule has 3 N–H and O–H groups in total. The largest absolute Gasteiger partial charge is 0.469 e. The average Bonchev–Trinajstić information content (AvgIpc) is 2.89. The number of amides is 3. The standard InChI is InChI=1S/C17H27N5O6/c1-17(2,3)28-16(26)18-9-8-13(24)19-11-10-22(4)15(20-11)21-12(23)6-7-14(25)27-5/h10H,6-9H2,1-5H3,(H,18,26)(H,19,24)(H,20,21,23). The summed E-state index contributed by atoms with van der Waals surface area (Å²) in [6.45, 7) is 5.33. The third kappa shape index (κ3) is 9.01. The first-order valence-corrected chi connectivity index (χ1v) is 8.67. The van der Waals surface area contributed by atoms with E-state index >= 15 is 0 Å². The van der Waals surface area contributed by atoms with Crippen LogP contribution in [0.15, 0.2) is 6.20 Å². The summed E-state index contributed by atoms with van der Waals surface area (Å²) in [5.74, 6) is -0.788. The van der Waals surface area contributed by atoms with Crippen molar-refractivity contribution >= 4 is 35.6 Å². The highest BCUT2D eigenvalue weighted by Gasteiger charge is 2.16. The number of ether oxygens (including phenoxy) is 2. The number of aromatic nitrogens is 2. The zero-order valence-electron chi connectivity index (χ0n) is 16.7. The fourth-order valence-electron chi connectivity index (χ4n) is 1.95. The molecule has 0 saturated carbocycles. The highest BCUT2D eigenvalue weighted by molar-refractivity contribution is 5.93. The van der Waals surface area contributed by atoms with E-state index in [2.05, 4.69) is 25.7 Å². The van der Waals surface area contributed by atoms with E-state index in [0.717, 1.165) is 0 Å².